The van der Waals surface area contributed by atoms with E-state index in [4.69, 9.17) is 0 Å². The molecule has 2 saturated carbocycles. The van der Waals surface area contributed by atoms with Crippen LogP contribution in [0.3, 0.4) is 0 Å². The molecule has 0 N–H and O–H groups in total. The van der Waals surface area contributed by atoms with Crippen LogP contribution >= 0.6 is 11.8 Å². The fraction of sp³-hybridized carbons (Fsp3) is 0.824. The van der Waals surface area contributed by atoms with Crippen molar-refractivity contribution < 1.29 is 22.0 Å². The third-order valence-corrected chi connectivity index (χ3v) is 12.2. The number of benzene rings is 1. The lowest BCUT2D eigenvalue weighted by atomic mass is 9.51. The molecule has 0 amide bonds. The molecule has 0 heterocycles. The minimum atomic E-state index is -5.42. The number of rotatable bonds is 14. The van der Waals surface area contributed by atoms with Gasteiger partial charge in [-0.15, -0.1) is 0 Å². The first-order valence-electron chi connectivity index (χ1n) is 16.1. The van der Waals surface area contributed by atoms with Gasteiger partial charge in [0.1, 0.15) is 0 Å². The van der Waals surface area contributed by atoms with Gasteiger partial charge in [-0.2, -0.15) is 33.7 Å². The van der Waals surface area contributed by atoms with Crippen LogP contribution in [0.15, 0.2) is 18.2 Å². The van der Waals surface area contributed by atoms with Gasteiger partial charge in [-0.3, -0.25) is 0 Å². The van der Waals surface area contributed by atoms with Gasteiger partial charge in [0.25, 0.3) is 0 Å². The summed E-state index contributed by atoms with van der Waals surface area (Å²) in [4.78, 5) is 0. The van der Waals surface area contributed by atoms with Crippen molar-refractivity contribution in [1.29, 1.82) is 0 Å². The number of aryl methyl sites for hydroxylation is 1. The molecule has 2 fully saturated rings. The number of unbranched alkanes of at least 4 members (excludes halogenated alkanes) is 6. The Bertz CT molecular complexity index is 943. The molecule has 3 aliphatic rings. The topological polar surface area (TPSA) is 0 Å². The Balaban J connectivity index is 1.13. The van der Waals surface area contributed by atoms with Gasteiger partial charge in [0.15, 0.2) is 0 Å². The Morgan fingerprint density at radius 1 is 0.875 bits per heavy atom. The van der Waals surface area contributed by atoms with E-state index in [1.807, 2.05) is 0 Å². The quantitative estimate of drug-likeness (QED) is 0.154. The molecule has 0 aromatic heterocycles. The van der Waals surface area contributed by atoms with Gasteiger partial charge >= 0.3 is 12.1 Å². The minimum Gasteiger partial charge on any atom is -0.196 e. The van der Waals surface area contributed by atoms with E-state index >= 15 is 0 Å². The van der Waals surface area contributed by atoms with Crippen LogP contribution < -0.4 is 0 Å². The van der Waals surface area contributed by atoms with Crippen LogP contribution in [0.1, 0.15) is 126 Å². The lowest BCUT2D eigenvalue weighted by Crippen LogP contribution is -2.45. The monoisotopic (exact) mass is 586 g/mol. The lowest BCUT2D eigenvalue weighted by Gasteiger charge is -2.53. The number of hydrogen-bond donors (Lipinski definition) is 0. The molecule has 4 rings (SSSR count). The Kier molecular flexibility index (Phi) is 11.0. The van der Waals surface area contributed by atoms with Crippen LogP contribution in [0, 0.1) is 36.0 Å². The van der Waals surface area contributed by atoms with E-state index in [0.717, 1.165) is 48.2 Å². The van der Waals surface area contributed by atoms with E-state index in [-0.39, 0.29) is 6.42 Å². The highest BCUT2D eigenvalue weighted by molar-refractivity contribution is 7.99. The van der Waals surface area contributed by atoms with Gasteiger partial charge in [0.2, 0.25) is 0 Å². The van der Waals surface area contributed by atoms with E-state index in [0.29, 0.717) is 11.2 Å². The maximum atomic E-state index is 12.9. The summed E-state index contributed by atoms with van der Waals surface area (Å²) in [5.74, 6) is 0.854. The second-order valence-electron chi connectivity index (χ2n) is 13.7. The molecule has 6 heteroatoms. The van der Waals surface area contributed by atoms with E-state index in [2.05, 4.69) is 39.0 Å². The molecule has 0 spiro atoms. The molecule has 0 saturated heterocycles. The first kappa shape index (κ1) is 32.1. The van der Waals surface area contributed by atoms with Crippen LogP contribution in [0.4, 0.5) is 22.0 Å². The van der Waals surface area contributed by atoms with Crippen molar-refractivity contribution in [2.24, 2.45) is 29.1 Å². The molecule has 0 nitrogen and oxygen atoms in total. The molecule has 1 aromatic carbocycles. The summed E-state index contributed by atoms with van der Waals surface area (Å²) < 4.78 is 62.5. The highest BCUT2D eigenvalue weighted by Crippen LogP contribution is 2.64. The van der Waals surface area contributed by atoms with E-state index in [9.17, 15) is 22.0 Å². The Hall–Kier alpha value is -0.780. The SMILES string of the molecule is Cc1ccc2c(c1)CC(CCCCCCCCCSCCCC(F)(F)C(F)(F)F)C1C2CC[C@@]2(C)C1CC[C@@H]2C. The van der Waals surface area contributed by atoms with Crippen LogP contribution in [-0.2, 0) is 6.42 Å². The summed E-state index contributed by atoms with van der Waals surface area (Å²) in [6.07, 6.45) is 10.1. The van der Waals surface area contributed by atoms with Crippen molar-refractivity contribution in [3.8, 4) is 0 Å². The minimum absolute atomic E-state index is 0.0933. The second-order valence-corrected chi connectivity index (χ2v) is 14.9. The standard InChI is InChI=1S/C34H51F5S/c1-24-13-15-28-27(22-24)23-26(31-29(28)17-19-32(3)25(2)14-16-30(31)32)12-9-7-5-4-6-8-10-20-40-21-11-18-33(35,36)34(37,38)39/h13,15,22,25-26,29-31H,4-12,14,16-21,23H2,1-3H3/t25-,26?,29?,30?,31?,32+/m0/s1. The normalized spacial score (nSPS) is 30.1. The molecule has 0 aliphatic heterocycles. The van der Waals surface area contributed by atoms with Gasteiger partial charge < -0.3 is 0 Å². The highest BCUT2D eigenvalue weighted by Gasteiger charge is 2.57. The molecule has 40 heavy (non-hydrogen) atoms. The maximum absolute atomic E-state index is 12.9. The highest BCUT2D eigenvalue weighted by atomic mass is 32.2. The molecular weight excluding hydrogens is 535 g/mol. The molecule has 0 bridgehead atoms. The number of hydrogen-bond acceptors (Lipinski definition) is 1. The van der Waals surface area contributed by atoms with Gasteiger partial charge in [0.05, 0.1) is 0 Å². The van der Waals surface area contributed by atoms with Crippen LogP contribution in [-0.4, -0.2) is 23.6 Å². The van der Waals surface area contributed by atoms with Crippen LogP contribution in [0.5, 0.6) is 0 Å². The fourth-order valence-electron chi connectivity index (χ4n) is 8.60. The lowest BCUT2D eigenvalue weighted by molar-refractivity contribution is -0.284. The summed E-state index contributed by atoms with van der Waals surface area (Å²) in [6, 6.07) is 7.27. The Morgan fingerprint density at radius 2 is 1.55 bits per heavy atom. The number of fused-ring (bicyclic) bond motifs is 5. The largest absolute Gasteiger partial charge is 0.453 e. The summed E-state index contributed by atoms with van der Waals surface area (Å²) in [5.41, 5.74) is 5.24. The van der Waals surface area contributed by atoms with Crippen LogP contribution in [0.2, 0.25) is 0 Å². The zero-order valence-corrected chi connectivity index (χ0v) is 25.8. The zero-order chi connectivity index (χ0) is 29.0. The van der Waals surface area contributed by atoms with Crippen molar-refractivity contribution in [3.63, 3.8) is 0 Å². The number of thioether (sulfide) groups is 1. The van der Waals surface area contributed by atoms with Gasteiger partial charge in [-0.1, -0.05) is 76.1 Å². The second kappa shape index (κ2) is 13.7. The average molecular weight is 587 g/mol. The Labute approximate surface area is 244 Å². The van der Waals surface area contributed by atoms with E-state index in [1.165, 1.54) is 88.0 Å². The van der Waals surface area contributed by atoms with Crippen molar-refractivity contribution in [3.05, 3.63) is 34.9 Å². The van der Waals surface area contributed by atoms with Crippen molar-refractivity contribution in [2.45, 2.75) is 135 Å². The molecule has 1 aromatic rings. The fourth-order valence-corrected chi connectivity index (χ4v) is 9.56. The summed E-state index contributed by atoms with van der Waals surface area (Å²) in [7, 11) is 0. The smallest absolute Gasteiger partial charge is 0.196 e. The van der Waals surface area contributed by atoms with Gasteiger partial charge in [-0.05, 0) is 116 Å². The van der Waals surface area contributed by atoms with Crippen molar-refractivity contribution >= 4 is 11.8 Å². The third-order valence-electron chi connectivity index (χ3n) is 11.1. The summed E-state index contributed by atoms with van der Waals surface area (Å²) >= 11 is 1.50. The first-order chi connectivity index (χ1) is 18.9. The van der Waals surface area contributed by atoms with E-state index < -0.39 is 18.5 Å². The van der Waals surface area contributed by atoms with Crippen molar-refractivity contribution in [1.82, 2.24) is 0 Å². The van der Waals surface area contributed by atoms with Gasteiger partial charge in [-0.25, -0.2) is 0 Å². The van der Waals surface area contributed by atoms with Gasteiger partial charge in [0, 0.05) is 6.42 Å². The van der Waals surface area contributed by atoms with Crippen LogP contribution in [0.25, 0.3) is 0 Å². The maximum Gasteiger partial charge on any atom is 0.453 e. The molecule has 6 atom stereocenters. The average Bonchev–Trinajstić information content (AvgIpc) is 3.19. The molecule has 228 valence electrons. The summed E-state index contributed by atoms with van der Waals surface area (Å²) in [6.45, 7) is 7.35. The predicted molar refractivity (Wildman–Crippen MR) is 158 cm³/mol. The molecular formula is C34H51F5S. The molecule has 3 aliphatic carbocycles. The Morgan fingerprint density at radius 3 is 2.27 bits per heavy atom. The molecule has 4 unspecified atom stereocenters. The number of alkyl halides is 5. The number of halogens is 5. The first-order valence-corrected chi connectivity index (χ1v) is 17.2. The van der Waals surface area contributed by atoms with E-state index in [1.54, 1.807) is 11.1 Å². The predicted octanol–water partition coefficient (Wildman–Crippen LogP) is 11.5. The molecule has 0 radical (unpaired) electrons. The summed E-state index contributed by atoms with van der Waals surface area (Å²) in [5, 5.41) is 0. The zero-order valence-electron chi connectivity index (χ0n) is 24.9. The van der Waals surface area contributed by atoms with Crippen molar-refractivity contribution in [2.75, 3.05) is 11.5 Å². The third kappa shape index (κ3) is 7.40.